The van der Waals surface area contributed by atoms with Crippen molar-refractivity contribution in [2.45, 2.75) is 19.0 Å². The van der Waals surface area contributed by atoms with E-state index in [-0.39, 0.29) is 17.9 Å². The summed E-state index contributed by atoms with van der Waals surface area (Å²) in [7, 11) is 0. The summed E-state index contributed by atoms with van der Waals surface area (Å²) in [4.78, 5) is 6.64. The van der Waals surface area contributed by atoms with Crippen molar-refractivity contribution < 1.29 is 8.81 Å². The molecule has 1 N–H and O–H groups in total. The number of anilines is 1. The van der Waals surface area contributed by atoms with E-state index in [1.165, 1.54) is 12.1 Å². The summed E-state index contributed by atoms with van der Waals surface area (Å²) in [5.41, 5.74) is 3.77. The van der Waals surface area contributed by atoms with Crippen LogP contribution in [-0.4, -0.2) is 10.1 Å². The van der Waals surface area contributed by atoms with Gasteiger partial charge < -0.3 is 14.6 Å². The van der Waals surface area contributed by atoms with E-state index in [4.69, 9.17) is 16.6 Å². The Bertz CT molecular complexity index is 1290. The molecule has 0 bridgehead atoms. The summed E-state index contributed by atoms with van der Waals surface area (Å²) >= 11 is 9.19. The van der Waals surface area contributed by atoms with Gasteiger partial charge in [0.05, 0.1) is 11.7 Å². The highest BCUT2D eigenvalue weighted by atomic mass is 79.9. The largest absolute Gasteiger partial charge is 0.459 e. The van der Waals surface area contributed by atoms with E-state index in [1.54, 1.807) is 12.3 Å². The summed E-state index contributed by atoms with van der Waals surface area (Å²) in [5, 5.41) is 4.04. The number of nitrogens with zero attached hydrogens (tertiary/aromatic N) is 2. The van der Waals surface area contributed by atoms with Crippen molar-refractivity contribution >= 4 is 38.9 Å². The zero-order chi connectivity index (χ0) is 22.2. The van der Waals surface area contributed by atoms with E-state index < -0.39 is 0 Å². The molecule has 5 rings (SSSR count). The average molecular weight is 508 g/mol. The molecule has 2 aromatic heterocycles. The smallest absolute Gasteiger partial charge is 0.174 e. The minimum absolute atomic E-state index is 0.195. The van der Waals surface area contributed by atoms with Crippen molar-refractivity contribution in [2.75, 3.05) is 4.90 Å². The Hall–Kier alpha value is -3.03. The van der Waals surface area contributed by atoms with Crippen molar-refractivity contribution in [2.24, 2.45) is 0 Å². The molecule has 0 saturated carbocycles. The molecule has 160 valence electrons. The third kappa shape index (κ3) is 3.82. The molecule has 1 aliphatic heterocycles. The first-order valence-corrected chi connectivity index (χ1v) is 11.3. The lowest BCUT2D eigenvalue weighted by atomic mass is 10.0. The molecule has 0 spiro atoms. The maximum Gasteiger partial charge on any atom is 0.174 e. The zero-order valence-electron chi connectivity index (χ0n) is 17.1. The van der Waals surface area contributed by atoms with E-state index in [2.05, 4.69) is 50.2 Å². The number of furan rings is 1. The van der Waals surface area contributed by atoms with Crippen LogP contribution in [0.5, 0.6) is 0 Å². The Balaban J connectivity index is 1.61. The third-order valence-electron chi connectivity index (χ3n) is 5.49. The van der Waals surface area contributed by atoms with Gasteiger partial charge in [-0.1, -0.05) is 18.2 Å². The highest BCUT2D eigenvalue weighted by Gasteiger charge is 2.42. The van der Waals surface area contributed by atoms with Crippen LogP contribution in [0.25, 0.3) is 11.3 Å². The lowest BCUT2D eigenvalue weighted by molar-refractivity contribution is 0.439. The Morgan fingerprint density at radius 2 is 1.94 bits per heavy atom. The summed E-state index contributed by atoms with van der Waals surface area (Å²) in [6.07, 6.45) is 1.77. The van der Waals surface area contributed by atoms with Crippen LogP contribution in [0.4, 0.5) is 10.1 Å². The van der Waals surface area contributed by atoms with Gasteiger partial charge in [0.15, 0.2) is 5.11 Å². The molecule has 3 heterocycles. The van der Waals surface area contributed by atoms with Crippen molar-refractivity contribution in [3.8, 4) is 11.3 Å². The Labute approximate surface area is 199 Å². The van der Waals surface area contributed by atoms with Crippen molar-refractivity contribution in [1.29, 1.82) is 0 Å². The number of hydrogen-bond acceptors (Lipinski definition) is 3. The summed E-state index contributed by atoms with van der Waals surface area (Å²) < 4.78 is 20.5. The summed E-state index contributed by atoms with van der Waals surface area (Å²) in [6, 6.07) is 22.0. The Morgan fingerprint density at radius 1 is 1.06 bits per heavy atom. The predicted molar refractivity (Wildman–Crippen MR) is 131 cm³/mol. The lowest BCUT2D eigenvalue weighted by Crippen LogP contribution is -2.29. The second kappa shape index (κ2) is 8.48. The fraction of sp³-hybridized carbons (Fsp3) is 0.120. The Morgan fingerprint density at radius 3 is 2.69 bits per heavy atom. The molecule has 0 radical (unpaired) electrons. The molecule has 7 heteroatoms. The van der Waals surface area contributed by atoms with Gasteiger partial charge in [-0.2, -0.15) is 0 Å². The van der Waals surface area contributed by atoms with Gasteiger partial charge in [0.25, 0.3) is 0 Å². The van der Waals surface area contributed by atoms with Gasteiger partial charge in [-0.25, -0.2) is 4.39 Å². The van der Waals surface area contributed by atoms with Gasteiger partial charge in [0.1, 0.15) is 23.4 Å². The molecule has 1 aliphatic rings. The van der Waals surface area contributed by atoms with Crippen LogP contribution in [0.1, 0.15) is 29.1 Å². The van der Waals surface area contributed by atoms with Gasteiger partial charge in [0, 0.05) is 21.9 Å². The number of rotatable bonds is 4. The minimum atomic E-state index is -0.307. The maximum atomic E-state index is 13.6. The lowest BCUT2D eigenvalue weighted by Gasteiger charge is -2.26. The van der Waals surface area contributed by atoms with Crippen molar-refractivity contribution in [3.63, 3.8) is 0 Å². The summed E-state index contributed by atoms with van der Waals surface area (Å²) in [5.74, 6) is 1.08. The van der Waals surface area contributed by atoms with Crippen LogP contribution in [0, 0.1) is 12.7 Å². The molecule has 1 saturated heterocycles. The zero-order valence-corrected chi connectivity index (χ0v) is 19.5. The SMILES string of the molecule is Cc1cccc(N2C(=S)N[C@H](c3ccccn3)[C@@H]2c2ccc(-c3ccc(F)cc3Br)o2)c1. The van der Waals surface area contributed by atoms with Crippen LogP contribution in [0.3, 0.4) is 0 Å². The van der Waals surface area contributed by atoms with Crippen LogP contribution in [-0.2, 0) is 0 Å². The highest BCUT2D eigenvalue weighted by Crippen LogP contribution is 2.43. The predicted octanol–water partition coefficient (Wildman–Crippen LogP) is 6.73. The fourth-order valence-electron chi connectivity index (χ4n) is 4.05. The Kier molecular flexibility index (Phi) is 5.53. The molecule has 32 heavy (non-hydrogen) atoms. The number of nitrogens with one attached hydrogen (secondary N) is 1. The molecular formula is C25H19BrFN3OS. The van der Waals surface area contributed by atoms with Gasteiger partial charge in [-0.05, 0) is 95.2 Å². The number of pyridine rings is 1. The molecule has 2 aromatic carbocycles. The first kappa shape index (κ1) is 20.8. The average Bonchev–Trinajstić information content (AvgIpc) is 3.39. The standard InChI is InChI=1S/C25H19BrFN3OS/c1-15-5-4-6-17(13-15)30-24(23(29-25(30)32)20-7-2-3-12-28-20)22-11-10-21(31-22)18-9-8-16(27)14-19(18)26/h2-14,23-24H,1H3,(H,29,32)/t23-,24+/m1/s1. The number of hydrogen-bond donors (Lipinski definition) is 1. The molecule has 2 atom stereocenters. The van der Waals surface area contributed by atoms with E-state index in [0.717, 1.165) is 28.3 Å². The van der Waals surface area contributed by atoms with Crippen LogP contribution in [0.15, 0.2) is 87.9 Å². The van der Waals surface area contributed by atoms with Crippen molar-refractivity contribution in [1.82, 2.24) is 10.3 Å². The number of benzene rings is 2. The van der Waals surface area contributed by atoms with Gasteiger partial charge in [-0.3, -0.25) is 4.98 Å². The maximum absolute atomic E-state index is 13.6. The first-order valence-electron chi connectivity index (χ1n) is 10.1. The van der Waals surface area contributed by atoms with E-state index in [0.29, 0.717) is 15.3 Å². The second-order valence-electron chi connectivity index (χ2n) is 7.66. The summed E-state index contributed by atoms with van der Waals surface area (Å²) in [6.45, 7) is 2.05. The third-order valence-corrected chi connectivity index (χ3v) is 6.46. The van der Waals surface area contributed by atoms with E-state index in [1.807, 2.05) is 42.5 Å². The van der Waals surface area contributed by atoms with Crippen LogP contribution in [0.2, 0.25) is 0 Å². The minimum Gasteiger partial charge on any atom is -0.459 e. The van der Waals surface area contributed by atoms with Crippen LogP contribution >= 0.6 is 28.1 Å². The van der Waals surface area contributed by atoms with Gasteiger partial charge >= 0.3 is 0 Å². The van der Waals surface area contributed by atoms with Crippen molar-refractivity contribution in [3.05, 3.63) is 106 Å². The molecule has 4 nitrogen and oxygen atoms in total. The highest BCUT2D eigenvalue weighted by molar-refractivity contribution is 9.10. The molecule has 0 aliphatic carbocycles. The number of halogens is 2. The fourth-order valence-corrected chi connectivity index (χ4v) is 4.94. The van der Waals surface area contributed by atoms with Gasteiger partial charge in [0.2, 0.25) is 0 Å². The van der Waals surface area contributed by atoms with E-state index >= 15 is 0 Å². The number of aryl methyl sites for hydroxylation is 1. The molecule has 4 aromatic rings. The van der Waals surface area contributed by atoms with E-state index in [9.17, 15) is 4.39 Å². The number of thiocarbonyl (C=S) groups is 1. The second-order valence-corrected chi connectivity index (χ2v) is 8.90. The molecule has 1 fully saturated rings. The molecular weight excluding hydrogens is 489 g/mol. The van der Waals surface area contributed by atoms with Crippen LogP contribution < -0.4 is 10.2 Å². The number of aromatic nitrogens is 1. The monoisotopic (exact) mass is 507 g/mol. The normalized spacial score (nSPS) is 18.1. The first-order chi connectivity index (χ1) is 15.5. The quantitative estimate of drug-likeness (QED) is 0.310. The molecule has 0 unspecified atom stereocenters. The van der Waals surface area contributed by atoms with Gasteiger partial charge in [-0.15, -0.1) is 0 Å². The molecule has 0 amide bonds. The topological polar surface area (TPSA) is 41.3 Å².